The van der Waals surface area contributed by atoms with Crippen LogP contribution in [0.25, 0.3) is 0 Å². The molecule has 110 valence electrons. The van der Waals surface area contributed by atoms with Gasteiger partial charge in [-0.1, -0.05) is 30.3 Å². The van der Waals surface area contributed by atoms with Gasteiger partial charge in [0.05, 0.1) is 0 Å². The van der Waals surface area contributed by atoms with Gasteiger partial charge in [-0.3, -0.25) is 4.79 Å². The van der Waals surface area contributed by atoms with E-state index in [0.29, 0.717) is 0 Å². The minimum absolute atomic E-state index is 0.137. The van der Waals surface area contributed by atoms with Crippen molar-refractivity contribution in [1.29, 1.82) is 0 Å². The Labute approximate surface area is 119 Å². The lowest BCUT2D eigenvalue weighted by Gasteiger charge is -2.24. The molecule has 0 N–H and O–H groups in total. The van der Waals surface area contributed by atoms with Crippen LogP contribution >= 0.6 is 0 Å². The summed E-state index contributed by atoms with van der Waals surface area (Å²) in [7, 11) is 1.50. The molecule has 0 aliphatic heterocycles. The van der Waals surface area contributed by atoms with E-state index in [2.05, 4.69) is 0 Å². The number of nitrogens with zero attached hydrogens (tertiary/aromatic N) is 1. The van der Waals surface area contributed by atoms with Crippen molar-refractivity contribution in [3.05, 3.63) is 35.9 Å². The molecule has 0 heterocycles. The lowest BCUT2D eigenvalue weighted by atomic mass is 10.2. The number of rotatable bonds is 4. The van der Waals surface area contributed by atoms with Gasteiger partial charge in [-0.2, -0.15) is 0 Å². The molecular weight excluding hydrogens is 260 g/mol. The largest absolute Gasteiger partial charge is 0.459 e. The van der Waals surface area contributed by atoms with E-state index in [4.69, 9.17) is 9.47 Å². The molecule has 20 heavy (non-hydrogen) atoms. The fourth-order valence-electron chi connectivity index (χ4n) is 1.38. The van der Waals surface area contributed by atoms with Crippen molar-refractivity contribution >= 4 is 12.1 Å². The first-order valence-electron chi connectivity index (χ1n) is 6.41. The van der Waals surface area contributed by atoms with E-state index >= 15 is 0 Å². The molecule has 0 atom stereocenters. The Morgan fingerprint density at radius 3 is 2.40 bits per heavy atom. The Morgan fingerprint density at radius 1 is 1.25 bits per heavy atom. The third-order valence-corrected chi connectivity index (χ3v) is 2.31. The van der Waals surface area contributed by atoms with Gasteiger partial charge in [0.1, 0.15) is 18.8 Å². The number of esters is 1. The Morgan fingerprint density at radius 2 is 1.85 bits per heavy atom. The van der Waals surface area contributed by atoms with E-state index < -0.39 is 17.7 Å². The van der Waals surface area contributed by atoms with Gasteiger partial charge in [0.15, 0.2) is 0 Å². The van der Waals surface area contributed by atoms with E-state index in [0.717, 1.165) is 5.56 Å². The van der Waals surface area contributed by atoms with Crippen LogP contribution in [0.1, 0.15) is 26.3 Å². The van der Waals surface area contributed by atoms with E-state index in [1.54, 1.807) is 20.8 Å². The quantitative estimate of drug-likeness (QED) is 0.796. The van der Waals surface area contributed by atoms with Crippen LogP contribution in [-0.2, 0) is 20.9 Å². The van der Waals surface area contributed by atoms with Crippen molar-refractivity contribution in [2.75, 3.05) is 13.6 Å². The molecule has 0 saturated carbocycles. The van der Waals surface area contributed by atoms with Gasteiger partial charge < -0.3 is 14.4 Å². The first-order valence-corrected chi connectivity index (χ1v) is 6.41. The number of benzene rings is 1. The summed E-state index contributed by atoms with van der Waals surface area (Å²) in [6.07, 6.45) is -0.547. The van der Waals surface area contributed by atoms with Crippen LogP contribution in [0.4, 0.5) is 4.79 Å². The van der Waals surface area contributed by atoms with Crippen LogP contribution in [0.5, 0.6) is 0 Å². The van der Waals surface area contributed by atoms with Gasteiger partial charge in [-0.05, 0) is 26.3 Å². The van der Waals surface area contributed by atoms with E-state index in [-0.39, 0.29) is 13.2 Å². The highest BCUT2D eigenvalue weighted by Crippen LogP contribution is 2.09. The summed E-state index contributed by atoms with van der Waals surface area (Å²) in [4.78, 5) is 24.5. The topological polar surface area (TPSA) is 55.8 Å². The monoisotopic (exact) mass is 281 g/mol. The summed E-state index contributed by atoms with van der Waals surface area (Å²) in [5, 5.41) is 0. The van der Waals surface area contributed by atoms with Gasteiger partial charge in [0.25, 0.3) is 0 Å². The smallest absolute Gasteiger partial charge is 0.410 e. The second-order valence-electron chi connectivity index (χ2n) is 5.48. The van der Waals surface area contributed by atoms with E-state index in [1.165, 1.54) is 11.9 Å². The lowest BCUT2D eigenvalue weighted by Crippen LogP contribution is -2.37. The van der Waals surface area contributed by atoms with Crippen LogP contribution in [-0.4, -0.2) is 36.2 Å². The highest BCUT2D eigenvalue weighted by Gasteiger charge is 2.21. The molecule has 1 amide bonds. The second kappa shape index (κ2) is 6.93. The summed E-state index contributed by atoms with van der Waals surface area (Å²) in [6.45, 7) is 5.37. The normalized spacial score (nSPS) is 10.8. The fourth-order valence-corrected chi connectivity index (χ4v) is 1.38. The molecule has 5 heteroatoms. The Balaban J connectivity index is 2.36. The van der Waals surface area contributed by atoms with Crippen LogP contribution in [0, 0.1) is 0 Å². The summed E-state index contributed by atoms with van der Waals surface area (Å²) in [6, 6.07) is 9.36. The molecule has 0 saturated heterocycles. The number of carbonyl (C=O) groups is 2. The maximum Gasteiger partial charge on any atom is 0.410 e. The van der Waals surface area contributed by atoms with Crippen LogP contribution in [0.15, 0.2) is 30.3 Å². The molecule has 5 nitrogen and oxygen atoms in total. The number of amides is 1. The predicted molar refractivity (Wildman–Crippen MR) is 75.1 cm³/mol. The molecule has 0 spiro atoms. The average Bonchev–Trinajstić information content (AvgIpc) is 2.35. The minimum Gasteiger partial charge on any atom is -0.459 e. The SMILES string of the molecule is CN(C[14C](=O)OCc1ccccc1)C(=O)OC(C)(C)C. The average molecular weight is 281 g/mol. The number of carbonyl (C=O) groups excluding carboxylic acids is 2. The number of hydrogen-bond acceptors (Lipinski definition) is 4. The molecule has 0 unspecified atom stereocenters. The fraction of sp³-hybridized carbons (Fsp3) is 0.467. The molecule has 0 bridgehead atoms. The Bertz CT molecular complexity index is 451. The third-order valence-electron chi connectivity index (χ3n) is 2.31. The van der Waals surface area contributed by atoms with Crippen molar-refractivity contribution < 1.29 is 19.1 Å². The summed E-state index contributed by atoms with van der Waals surface area (Å²) >= 11 is 0. The number of ether oxygens (including phenoxy) is 2. The Kier molecular flexibility index (Phi) is 5.55. The molecule has 1 aromatic rings. The first kappa shape index (κ1) is 16.0. The number of likely N-dealkylation sites (N-methyl/N-ethyl adjacent to an activating group) is 1. The maximum absolute atomic E-state index is 11.7. The van der Waals surface area contributed by atoms with E-state index in [9.17, 15) is 9.59 Å². The second-order valence-corrected chi connectivity index (χ2v) is 5.48. The van der Waals surface area contributed by atoms with Gasteiger partial charge >= 0.3 is 12.1 Å². The standard InChI is InChI=1S/C15H21NO4/c1-15(2,3)20-14(18)16(4)10-13(17)19-11-12-8-6-5-7-9-12/h5-9H,10-11H2,1-4H3/i13+2. The zero-order valence-corrected chi connectivity index (χ0v) is 12.4. The molecule has 0 fully saturated rings. The van der Waals surface area contributed by atoms with Crippen LogP contribution in [0.3, 0.4) is 0 Å². The van der Waals surface area contributed by atoms with Gasteiger partial charge in [0, 0.05) is 7.05 Å². The van der Waals surface area contributed by atoms with Crippen LogP contribution < -0.4 is 0 Å². The van der Waals surface area contributed by atoms with Crippen molar-refractivity contribution in [2.24, 2.45) is 0 Å². The lowest BCUT2D eigenvalue weighted by molar-refractivity contribution is -0.145. The number of hydrogen-bond donors (Lipinski definition) is 0. The highest BCUT2D eigenvalue weighted by molar-refractivity contribution is 5.78. The zero-order chi connectivity index (χ0) is 15.2. The molecule has 1 rings (SSSR count). The van der Waals surface area contributed by atoms with E-state index in [1.807, 2.05) is 30.3 Å². The minimum atomic E-state index is -0.584. The summed E-state index contributed by atoms with van der Waals surface area (Å²) in [5.74, 6) is -0.470. The molecule has 0 aliphatic carbocycles. The van der Waals surface area contributed by atoms with Crippen molar-refractivity contribution in [1.82, 2.24) is 4.90 Å². The molecule has 1 aromatic carbocycles. The molecule has 0 aliphatic rings. The first-order chi connectivity index (χ1) is 9.28. The molecular formula is C15H21NO4. The highest BCUT2D eigenvalue weighted by atomic mass is 16.8. The predicted octanol–water partition coefficient (Wildman–Crippen LogP) is 2.60. The van der Waals surface area contributed by atoms with Crippen molar-refractivity contribution in [2.45, 2.75) is 33.0 Å². The summed E-state index contributed by atoms with van der Waals surface area (Å²) < 4.78 is 10.2. The van der Waals surface area contributed by atoms with Crippen molar-refractivity contribution in [3.63, 3.8) is 0 Å². The summed E-state index contributed by atoms with van der Waals surface area (Å²) in [5.41, 5.74) is 0.319. The van der Waals surface area contributed by atoms with Gasteiger partial charge in [-0.15, -0.1) is 0 Å². The van der Waals surface area contributed by atoms with Crippen molar-refractivity contribution in [3.8, 4) is 0 Å². The molecule has 0 radical (unpaired) electrons. The zero-order valence-electron chi connectivity index (χ0n) is 12.4. The van der Waals surface area contributed by atoms with Gasteiger partial charge in [0.2, 0.25) is 0 Å². The van der Waals surface area contributed by atoms with Gasteiger partial charge in [-0.25, -0.2) is 4.79 Å². The molecule has 0 aromatic heterocycles. The third kappa shape index (κ3) is 6.22. The van der Waals surface area contributed by atoms with Crippen LogP contribution in [0.2, 0.25) is 0 Å². The Hall–Kier alpha value is -2.04. The maximum atomic E-state index is 11.7.